The summed E-state index contributed by atoms with van der Waals surface area (Å²) in [6, 6.07) is 7.75. The van der Waals surface area contributed by atoms with Crippen molar-refractivity contribution in [1.82, 2.24) is 4.90 Å². The molecule has 21 heavy (non-hydrogen) atoms. The molecule has 2 fully saturated rings. The normalized spacial score (nSPS) is 20.0. The minimum absolute atomic E-state index is 0.00711. The Bertz CT molecular complexity index is 568. The van der Waals surface area contributed by atoms with Crippen molar-refractivity contribution in [1.29, 1.82) is 0 Å². The zero-order valence-corrected chi connectivity index (χ0v) is 12.2. The van der Waals surface area contributed by atoms with E-state index < -0.39 is 5.97 Å². The average Bonchev–Trinajstić information content (AvgIpc) is 3.24. The summed E-state index contributed by atoms with van der Waals surface area (Å²) >= 11 is 0. The van der Waals surface area contributed by atoms with Gasteiger partial charge in [-0.3, -0.25) is 9.69 Å². The first kappa shape index (κ1) is 13.9. The van der Waals surface area contributed by atoms with Crippen LogP contribution in [0.25, 0.3) is 0 Å². The summed E-state index contributed by atoms with van der Waals surface area (Å²) in [6.07, 6.45) is 2.31. The van der Waals surface area contributed by atoms with E-state index in [1.807, 2.05) is 24.3 Å². The topological polar surface area (TPSA) is 60.9 Å². The van der Waals surface area contributed by atoms with Gasteiger partial charge in [0.1, 0.15) is 0 Å². The Morgan fingerprint density at radius 3 is 2.62 bits per heavy atom. The van der Waals surface area contributed by atoms with E-state index in [0.29, 0.717) is 19.0 Å². The van der Waals surface area contributed by atoms with Crippen LogP contribution in [0.15, 0.2) is 24.3 Å². The zero-order valence-electron chi connectivity index (χ0n) is 12.2. The van der Waals surface area contributed by atoms with Crippen LogP contribution < -0.4 is 4.90 Å². The highest BCUT2D eigenvalue weighted by Crippen LogP contribution is 2.47. The van der Waals surface area contributed by atoms with Gasteiger partial charge in [-0.1, -0.05) is 18.2 Å². The maximum Gasteiger partial charge on any atom is 0.324 e. The molecular formula is C16H20N2O3. The molecule has 1 aromatic carbocycles. The van der Waals surface area contributed by atoms with Gasteiger partial charge in [-0.15, -0.1) is 0 Å². The van der Waals surface area contributed by atoms with Gasteiger partial charge in [-0.2, -0.15) is 0 Å². The molecule has 1 saturated heterocycles. The third-order valence-electron chi connectivity index (χ3n) is 4.43. The number of urea groups is 1. The fourth-order valence-corrected chi connectivity index (χ4v) is 3.14. The molecule has 5 heteroatoms. The van der Waals surface area contributed by atoms with E-state index in [2.05, 4.69) is 0 Å². The molecule has 3 rings (SSSR count). The Kier molecular flexibility index (Phi) is 3.57. The number of carboxylic acid groups (broad SMARTS) is 1. The van der Waals surface area contributed by atoms with Crippen LogP contribution in [0.5, 0.6) is 0 Å². The molecule has 5 nitrogen and oxygen atoms in total. The summed E-state index contributed by atoms with van der Waals surface area (Å²) < 4.78 is 0. The van der Waals surface area contributed by atoms with Crippen molar-refractivity contribution in [3.05, 3.63) is 29.8 Å². The Morgan fingerprint density at radius 1 is 1.33 bits per heavy atom. The number of hydrogen-bond donors (Lipinski definition) is 1. The number of hydrogen-bond acceptors (Lipinski definition) is 2. The molecule has 1 unspecified atom stereocenters. The van der Waals surface area contributed by atoms with E-state index >= 15 is 0 Å². The first-order valence-corrected chi connectivity index (χ1v) is 7.41. The van der Waals surface area contributed by atoms with E-state index in [1.54, 1.807) is 16.8 Å². The van der Waals surface area contributed by atoms with E-state index in [4.69, 9.17) is 0 Å². The van der Waals surface area contributed by atoms with Crippen LogP contribution in [-0.2, 0) is 4.79 Å². The summed E-state index contributed by atoms with van der Waals surface area (Å²) in [5.41, 5.74) is 1.89. The summed E-state index contributed by atoms with van der Waals surface area (Å²) in [6.45, 7) is 1.37. The highest BCUT2D eigenvalue weighted by molar-refractivity contribution is 5.95. The molecule has 0 bridgehead atoms. The van der Waals surface area contributed by atoms with Crippen LogP contribution in [0.3, 0.4) is 0 Å². The molecule has 1 atom stereocenters. The van der Waals surface area contributed by atoms with Crippen molar-refractivity contribution < 1.29 is 14.7 Å². The van der Waals surface area contributed by atoms with Gasteiger partial charge in [-0.25, -0.2) is 4.79 Å². The Hall–Kier alpha value is -2.04. The molecule has 0 radical (unpaired) electrons. The molecule has 1 aromatic rings. The Morgan fingerprint density at radius 2 is 2.05 bits per heavy atom. The number of nitrogens with zero attached hydrogens (tertiary/aromatic N) is 2. The SMILES string of the molecule is CN1CCN(c2ccccc2C(CC(=O)O)C2CC2)C1=O. The molecule has 2 amide bonds. The lowest BCUT2D eigenvalue weighted by Gasteiger charge is -2.24. The standard InChI is InChI=1S/C16H20N2O3/c1-17-8-9-18(16(17)21)14-5-3-2-4-12(14)13(10-15(19)20)11-6-7-11/h2-5,11,13H,6-10H2,1H3,(H,19,20). The highest BCUT2D eigenvalue weighted by Gasteiger charge is 2.37. The molecule has 1 aliphatic carbocycles. The van der Waals surface area contributed by atoms with Crippen molar-refractivity contribution in [3.63, 3.8) is 0 Å². The third kappa shape index (κ3) is 2.73. The number of para-hydroxylation sites is 1. The quantitative estimate of drug-likeness (QED) is 0.905. The molecule has 112 valence electrons. The van der Waals surface area contributed by atoms with Gasteiger partial charge in [-0.05, 0) is 36.3 Å². The number of likely N-dealkylation sites (N-methyl/N-ethyl adjacent to an activating group) is 1. The first-order chi connectivity index (χ1) is 10.1. The minimum Gasteiger partial charge on any atom is -0.481 e. The smallest absolute Gasteiger partial charge is 0.324 e. The number of rotatable bonds is 5. The van der Waals surface area contributed by atoms with Gasteiger partial charge >= 0.3 is 12.0 Å². The van der Waals surface area contributed by atoms with Crippen LogP contribution in [0.2, 0.25) is 0 Å². The fraction of sp³-hybridized carbons (Fsp3) is 0.500. The second kappa shape index (κ2) is 5.39. The lowest BCUT2D eigenvalue weighted by molar-refractivity contribution is -0.137. The van der Waals surface area contributed by atoms with Crippen molar-refractivity contribution in [3.8, 4) is 0 Å². The van der Waals surface area contributed by atoms with Gasteiger partial charge < -0.3 is 10.0 Å². The number of carbonyl (C=O) groups excluding carboxylic acids is 1. The average molecular weight is 288 g/mol. The highest BCUT2D eigenvalue weighted by atomic mass is 16.4. The van der Waals surface area contributed by atoms with Crippen LogP contribution in [-0.4, -0.2) is 42.1 Å². The van der Waals surface area contributed by atoms with E-state index in [0.717, 1.165) is 24.1 Å². The molecule has 1 heterocycles. The summed E-state index contributed by atoms with van der Waals surface area (Å²) in [7, 11) is 1.79. The second-order valence-electron chi connectivity index (χ2n) is 5.96. The predicted octanol–water partition coefficient (Wildman–Crippen LogP) is 2.53. The number of amides is 2. The van der Waals surface area contributed by atoms with Crippen LogP contribution in [0, 0.1) is 5.92 Å². The fourth-order valence-electron chi connectivity index (χ4n) is 3.14. The minimum atomic E-state index is -0.772. The molecule has 2 aliphatic rings. The van der Waals surface area contributed by atoms with Crippen molar-refractivity contribution >= 4 is 17.7 Å². The monoisotopic (exact) mass is 288 g/mol. The summed E-state index contributed by atoms with van der Waals surface area (Å²) in [5, 5.41) is 9.18. The molecular weight excluding hydrogens is 268 g/mol. The van der Waals surface area contributed by atoms with Gasteiger partial charge in [0, 0.05) is 25.8 Å². The number of carboxylic acids is 1. The third-order valence-corrected chi connectivity index (χ3v) is 4.43. The number of aliphatic carboxylic acids is 1. The summed E-state index contributed by atoms with van der Waals surface area (Å²) in [5.74, 6) is -0.318. The zero-order chi connectivity index (χ0) is 15.0. The van der Waals surface area contributed by atoms with Crippen molar-refractivity contribution in [2.24, 2.45) is 5.92 Å². The van der Waals surface area contributed by atoms with Crippen molar-refractivity contribution in [2.45, 2.75) is 25.2 Å². The summed E-state index contributed by atoms with van der Waals surface area (Å²) in [4.78, 5) is 26.9. The second-order valence-corrected chi connectivity index (χ2v) is 5.96. The number of carbonyl (C=O) groups is 2. The van der Waals surface area contributed by atoms with Gasteiger partial charge in [0.2, 0.25) is 0 Å². The molecule has 0 spiro atoms. The van der Waals surface area contributed by atoms with E-state index in [1.165, 1.54) is 0 Å². The first-order valence-electron chi connectivity index (χ1n) is 7.41. The van der Waals surface area contributed by atoms with Crippen molar-refractivity contribution in [2.75, 3.05) is 25.0 Å². The molecule has 1 N–H and O–H groups in total. The van der Waals surface area contributed by atoms with Crippen LogP contribution >= 0.6 is 0 Å². The number of anilines is 1. The number of benzene rings is 1. The van der Waals surface area contributed by atoms with Crippen LogP contribution in [0.4, 0.5) is 10.5 Å². The molecule has 1 aliphatic heterocycles. The maximum atomic E-state index is 12.2. The molecule has 0 aromatic heterocycles. The Balaban J connectivity index is 1.95. The van der Waals surface area contributed by atoms with Gasteiger partial charge in [0.05, 0.1) is 6.42 Å². The maximum absolute atomic E-state index is 12.2. The van der Waals surface area contributed by atoms with Gasteiger partial charge in [0.25, 0.3) is 0 Å². The largest absolute Gasteiger partial charge is 0.481 e. The lowest BCUT2D eigenvalue weighted by atomic mass is 9.89. The van der Waals surface area contributed by atoms with E-state index in [-0.39, 0.29) is 18.4 Å². The predicted molar refractivity (Wildman–Crippen MR) is 79.5 cm³/mol. The Labute approximate surface area is 124 Å². The van der Waals surface area contributed by atoms with Gasteiger partial charge in [0.15, 0.2) is 0 Å². The van der Waals surface area contributed by atoms with Crippen LogP contribution in [0.1, 0.15) is 30.7 Å². The molecule has 1 saturated carbocycles. The lowest BCUT2D eigenvalue weighted by Crippen LogP contribution is -2.30. The van der Waals surface area contributed by atoms with E-state index in [9.17, 15) is 14.7 Å².